The van der Waals surface area contributed by atoms with Crippen LogP contribution in [0, 0.1) is 0 Å². The molecule has 6 nitrogen and oxygen atoms in total. The highest BCUT2D eigenvalue weighted by molar-refractivity contribution is 9.10. The Morgan fingerprint density at radius 2 is 1.63 bits per heavy atom. The summed E-state index contributed by atoms with van der Waals surface area (Å²) in [6, 6.07) is 15.0. The molecule has 3 aromatic rings. The highest BCUT2D eigenvalue weighted by Crippen LogP contribution is 2.24. The fraction of sp³-hybridized carbons (Fsp3) is 0.211. The molecule has 1 fully saturated rings. The van der Waals surface area contributed by atoms with E-state index in [1.807, 2.05) is 48.5 Å². The van der Waals surface area contributed by atoms with Crippen molar-refractivity contribution in [2.24, 2.45) is 0 Å². The molecule has 27 heavy (non-hydrogen) atoms. The molecule has 1 aromatic heterocycles. The van der Waals surface area contributed by atoms with E-state index in [-0.39, 0.29) is 11.9 Å². The third-order valence-corrected chi connectivity index (χ3v) is 5.88. The van der Waals surface area contributed by atoms with Crippen molar-refractivity contribution in [2.45, 2.75) is 0 Å². The lowest BCUT2D eigenvalue weighted by Crippen LogP contribution is -2.51. The zero-order valence-electron chi connectivity index (χ0n) is 14.4. The number of carbonyl (C=O) groups is 2. The van der Waals surface area contributed by atoms with Gasteiger partial charge < -0.3 is 15.1 Å². The molecule has 1 aliphatic rings. The Bertz CT molecular complexity index is 981. The van der Waals surface area contributed by atoms with Gasteiger partial charge in [0.25, 0.3) is 5.91 Å². The second kappa shape index (κ2) is 7.66. The Kier molecular flexibility index (Phi) is 5.09. The standard InChI is InChI=1S/C19H17BrN4O2S/c20-13-5-7-14(8-6-13)21-19(26)24-11-9-23(10-12-24)18(25)17-15-3-1-2-4-16(15)27-22-17/h1-8H,9-12H2,(H,21,26). The first-order valence-electron chi connectivity index (χ1n) is 8.57. The van der Waals surface area contributed by atoms with Crippen LogP contribution in [0.3, 0.4) is 0 Å². The molecule has 1 saturated heterocycles. The van der Waals surface area contributed by atoms with Gasteiger partial charge in [-0.15, -0.1) is 0 Å². The van der Waals surface area contributed by atoms with Gasteiger partial charge in [-0.3, -0.25) is 4.79 Å². The molecule has 0 saturated carbocycles. The molecule has 2 aromatic carbocycles. The summed E-state index contributed by atoms with van der Waals surface area (Å²) >= 11 is 4.71. The first kappa shape index (κ1) is 17.9. The second-order valence-electron chi connectivity index (χ2n) is 6.24. The first-order valence-corrected chi connectivity index (χ1v) is 10.1. The average Bonchev–Trinajstić information content (AvgIpc) is 3.13. The minimum atomic E-state index is -0.150. The number of nitrogens with zero attached hydrogens (tertiary/aromatic N) is 3. The quantitative estimate of drug-likeness (QED) is 0.648. The molecule has 0 unspecified atom stereocenters. The smallest absolute Gasteiger partial charge is 0.321 e. The number of piperazine rings is 1. The lowest BCUT2D eigenvalue weighted by atomic mass is 10.2. The van der Waals surface area contributed by atoms with Gasteiger partial charge in [-0.25, -0.2) is 4.79 Å². The van der Waals surface area contributed by atoms with Crippen molar-refractivity contribution >= 4 is 55.2 Å². The van der Waals surface area contributed by atoms with Crippen LogP contribution in [0.1, 0.15) is 10.5 Å². The molecule has 1 aliphatic heterocycles. The summed E-state index contributed by atoms with van der Waals surface area (Å²) < 4.78 is 6.31. The Morgan fingerprint density at radius 3 is 2.37 bits per heavy atom. The number of nitrogens with one attached hydrogen (secondary N) is 1. The molecule has 0 aliphatic carbocycles. The number of hydrogen-bond donors (Lipinski definition) is 1. The van der Waals surface area contributed by atoms with E-state index in [4.69, 9.17) is 0 Å². The van der Waals surface area contributed by atoms with Crippen LogP contribution in [0.15, 0.2) is 53.0 Å². The van der Waals surface area contributed by atoms with Gasteiger partial charge in [0.15, 0.2) is 0 Å². The largest absolute Gasteiger partial charge is 0.334 e. The van der Waals surface area contributed by atoms with Crippen LogP contribution < -0.4 is 5.32 Å². The van der Waals surface area contributed by atoms with Crippen molar-refractivity contribution < 1.29 is 9.59 Å². The fourth-order valence-corrected chi connectivity index (χ4v) is 4.07. The van der Waals surface area contributed by atoms with Crippen molar-refractivity contribution in [3.05, 3.63) is 58.7 Å². The average molecular weight is 445 g/mol. The minimum absolute atomic E-state index is 0.0691. The van der Waals surface area contributed by atoms with E-state index in [1.54, 1.807) is 9.80 Å². The number of halogens is 1. The second-order valence-corrected chi connectivity index (χ2v) is 7.96. The molecule has 4 rings (SSSR count). The number of urea groups is 1. The lowest BCUT2D eigenvalue weighted by Gasteiger charge is -2.34. The third-order valence-electron chi connectivity index (χ3n) is 4.53. The molecular weight excluding hydrogens is 428 g/mol. The number of rotatable bonds is 2. The molecule has 1 N–H and O–H groups in total. The van der Waals surface area contributed by atoms with E-state index in [0.717, 1.165) is 20.2 Å². The van der Waals surface area contributed by atoms with Gasteiger partial charge in [0.1, 0.15) is 5.69 Å². The zero-order chi connectivity index (χ0) is 18.8. The fourth-order valence-electron chi connectivity index (χ4n) is 3.04. The van der Waals surface area contributed by atoms with E-state index in [1.165, 1.54) is 11.5 Å². The first-order chi connectivity index (χ1) is 13.1. The van der Waals surface area contributed by atoms with Crippen molar-refractivity contribution in [3.8, 4) is 0 Å². The van der Waals surface area contributed by atoms with Crippen LogP contribution >= 0.6 is 27.5 Å². The van der Waals surface area contributed by atoms with Crippen LogP contribution in [0.2, 0.25) is 0 Å². The third kappa shape index (κ3) is 3.81. The summed E-state index contributed by atoms with van der Waals surface area (Å²) in [7, 11) is 0. The Balaban J connectivity index is 1.37. The van der Waals surface area contributed by atoms with E-state index >= 15 is 0 Å². The normalized spacial score (nSPS) is 14.4. The van der Waals surface area contributed by atoms with Crippen LogP contribution in [0.25, 0.3) is 10.1 Å². The molecular formula is C19H17BrN4O2S. The van der Waals surface area contributed by atoms with Crippen LogP contribution in [-0.2, 0) is 0 Å². The lowest BCUT2D eigenvalue weighted by molar-refractivity contribution is 0.0669. The highest BCUT2D eigenvalue weighted by atomic mass is 79.9. The molecule has 3 amide bonds. The van der Waals surface area contributed by atoms with Crippen molar-refractivity contribution in [2.75, 3.05) is 31.5 Å². The number of hydrogen-bond acceptors (Lipinski definition) is 4. The van der Waals surface area contributed by atoms with Gasteiger partial charge in [-0.1, -0.05) is 34.1 Å². The van der Waals surface area contributed by atoms with E-state index in [9.17, 15) is 9.59 Å². The van der Waals surface area contributed by atoms with Crippen LogP contribution in [0.4, 0.5) is 10.5 Å². The van der Waals surface area contributed by atoms with Gasteiger partial charge in [-0.05, 0) is 41.9 Å². The predicted molar refractivity (Wildman–Crippen MR) is 110 cm³/mol. The van der Waals surface area contributed by atoms with Gasteiger partial charge in [0.05, 0.1) is 4.70 Å². The number of fused-ring (bicyclic) bond motifs is 1. The van der Waals surface area contributed by atoms with Gasteiger partial charge in [0, 0.05) is 41.7 Å². The number of carbonyl (C=O) groups excluding carboxylic acids is 2. The molecule has 0 atom stereocenters. The van der Waals surface area contributed by atoms with Crippen molar-refractivity contribution in [1.29, 1.82) is 0 Å². The number of benzene rings is 2. The van der Waals surface area contributed by atoms with Crippen molar-refractivity contribution in [3.63, 3.8) is 0 Å². The molecule has 8 heteroatoms. The van der Waals surface area contributed by atoms with E-state index < -0.39 is 0 Å². The highest BCUT2D eigenvalue weighted by Gasteiger charge is 2.27. The molecule has 138 valence electrons. The number of anilines is 1. The Hall–Kier alpha value is -2.45. The Morgan fingerprint density at radius 1 is 0.963 bits per heavy atom. The maximum atomic E-state index is 12.8. The maximum Gasteiger partial charge on any atom is 0.321 e. The number of amides is 3. The monoisotopic (exact) mass is 444 g/mol. The van der Waals surface area contributed by atoms with Crippen LogP contribution in [0.5, 0.6) is 0 Å². The summed E-state index contributed by atoms with van der Waals surface area (Å²) in [4.78, 5) is 28.7. The van der Waals surface area contributed by atoms with Gasteiger partial charge >= 0.3 is 6.03 Å². The zero-order valence-corrected chi connectivity index (χ0v) is 16.8. The molecule has 0 bridgehead atoms. The summed E-state index contributed by atoms with van der Waals surface area (Å²) in [5.41, 5.74) is 1.25. The summed E-state index contributed by atoms with van der Waals surface area (Å²) in [6.07, 6.45) is 0. The summed E-state index contributed by atoms with van der Waals surface area (Å²) in [5.74, 6) is -0.0691. The molecule has 0 radical (unpaired) electrons. The minimum Gasteiger partial charge on any atom is -0.334 e. The SMILES string of the molecule is O=C(Nc1ccc(Br)cc1)N1CCN(C(=O)c2nsc3ccccc23)CC1. The summed E-state index contributed by atoms with van der Waals surface area (Å²) in [5, 5.41) is 3.78. The predicted octanol–water partition coefficient (Wildman–Crippen LogP) is 4.05. The molecule has 2 heterocycles. The summed E-state index contributed by atoms with van der Waals surface area (Å²) in [6.45, 7) is 1.99. The Labute approximate surface area is 169 Å². The van der Waals surface area contributed by atoms with E-state index in [0.29, 0.717) is 31.9 Å². The van der Waals surface area contributed by atoms with Gasteiger partial charge in [0.2, 0.25) is 0 Å². The number of aromatic nitrogens is 1. The molecule has 0 spiro atoms. The van der Waals surface area contributed by atoms with Crippen molar-refractivity contribution in [1.82, 2.24) is 14.2 Å². The topological polar surface area (TPSA) is 65.5 Å². The van der Waals surface area contributed by atoms with Crippen LogP contribution in [-0.4, -0.2) is 52.3 Å². The van der Waals surface area contributed by atoms with Gasteiger partial charge in [-0.2, -0.15) is 4.37 Å². The van der Waals surface area contributed by atoms with E-state index in [2.05, 4.69) is 25.6 Å². The maximum absolute atomic E-state index is 12.8.